The second-order valence-corrected chi connectivity index (χ2v) is 6.01. The van der Waals surface area contributed by atoms with Crippen LogP contribution >= 0.6 is 0 Å². The van der Waals surface area contributed by atoms with Crippen molar-refractivity contribution in [3.63, 3.8) is 0 Å². The van der Waals surface area contributed by atoms with Gasteiger partial charge in [-0.25, -0.2) is 0 Å². The summed E-state index contributed by atoms with van der Waals surface area (Å²) in [7, 11) is 4.41. The summed E-state index contributed by atoms with van der Waals surface area (Å²) in [5, 5.41) is 3.62. The highest BCUT2D eigenvalue weighted by Crippen LogP contribution is 2.26. The summed E-state index contributed by atoms with van der Waals surface area (Å²) in [6.45, 7) is 8.98. The van der Waals surface area contributed by atoms with E-state index in [0.717, 1.165) is 26.2 Å². The van der Waals surface area contributed by atoms with E-state index in [4.69, 9.17) is 0 Å². The fraction of sp³-hybridized carbons (Fsp3) is 0.625. The second-order valence-electron chi connectivity index (χ2n) is 6.01. The highest BCUT2D eigenvalue weighted by Gasteiger charge is 2.19. The summed E-state index contributed by atoms with van der Waals surface area (Å²) < 4.78 is 0. The molecular weight excluding hydrogens is 234 g/mol. The molecule has 1 fully saturated rings. The molecule has 1 unspecified atom stereocenters. The zero-order valence-corrected chi connectivity index (χ0v) is 12.7. The highest BCUT2D eigenvalue weighted by molar-refractivity contribution is 5.54. The monoisotopic (exact) mass is 261 g/mol. The minimum absolute atomic E-state index is 0.559. The Hall–Kier alpha value is -1.06. The van der Waals surface area contributed by atoms with Crippen LogP contribution in [0.5, 0.6) is 0 Å². The van der Waals surface area contributed by atoms with Crippen LogP contribution in [-0.2, 0) is 0 Å². The number of benzene rings is 1. The van der Waals surface area contributed by atoms with Gasteiger partial charge in [-0.1, -0.05) is 32.0 Å². The van der Waals surface area contributed by atoms with E-state index in [1.807, 2.05) is 0 Å². The van der Waals surface area contributed by atoms with Gasteiger partial charge in [-0.15, -0.1) is 0 Å². The lowest BCUT2D eigenvalue weighted by Crippen LogP contribution is -2.53. The molecule has 3 heteroatoms. The first-order chi connectivity index (χ1) is 9.08. The largest absolute Gasteiger partial charge is 0.373 e. The van der Waals surface area contributed by atoms with Crippen molar-refractivity contribution in [2.75, 3.05) is 45.2 Å². The second kappa shape index (κ2) is 6.40. The summed E-state index contributed by atoms with van der Waals surface area (Å²) in [5.41, 5.74) is 2.81. The molecule has 1 N–H and O–H groups in total. The van der Waals surface area contributed by atoms with Gasteiger partial charge in [0.25, 0.3) is 0 Å². The van der Waals surface area contributed by atoms with Crippen molar-refractivity contribution in [3.8, 4) is 0 Å². The van der Waals surface area contributed by atoms with Crippen LogP contribution in [0.1, 0.15) is 25.3 Å². The van der Waals surface area contributed by atoms with Crippen LogP contribution in [0.4, 0.5) is 5.69 Å². The van der Waals surface area contributed by atoms with Gasteiger partial charge < -0.3 is 15.1 Å². The lowest BCUT2D eigenvalue weighted by molar-refractivity contribution is 0.241. The number of anilines is 1. The summed E-state index contributed by atoms with van der Waals surface area (Å²) in [6, 6.07) is 9.32. The fourth-order valence-corrected chi connectivity index (χ4v) is 2.87. The van der Waals surface area contributed by atoms with E-state index in [1.165, 1.54) is 11.3 Å². The van der Waals surface area contributed by atoms with Crippen molar-refractivity contribution in [1.82, 2.24) is 10.2 Å². The zero-order valence-electron chi connectivity index (χ0n) is 12.7. The molecule has 0 aliphatic carbocycles. The maximum Gasteiger partial charge on any atom is 0.0399 e. The lowest BCUT2D eigenvalue weighted by atomic mass is 10.0. The molecule has 1 aliphatic heterocycles. The Morgan fingerprint density at radius 2 is 2.11 bits per heavy atom. The van der Waals surface area contributed by atoms with Crippen LogP contribution in [0.15, 0.2) is 24.3 Å². The van der Waals surface area contributed by atoms with Crippen molar-refractivity contribution < 1.29 is 0 Å². The minimum Gasteiger partial charge on any atom is -0.373 e. The van der Waals surface area contributed by atoms with Crippen LogP contribution in [0, 0.1) is 0 Å². The van der Waals surface area contributed by atoms with Crippen LogP contribution in [0.3, 0.4) is 0 Å². The van der Waals surface area contributed by atoms with E-state index in [-0.39, 0.29) is 0 Å². The molecular formula is C16H27N3. The summed E-state index contributed by atoms with van der Waals surface area (Å²) >= 11 is 0. The molecule has 1 aliphatic rings. The van der Waals surface area contributed by atoms with Crippen LogP contribution in [0.25, 0.3) is 0 Å². The number of nitrogens with zero attached hydrogens (tertiary/aromatic N) is 2. The standard InChI is InChI=1S/C16H27N3/c1-13(2)15-7-5-6-8-16(15)19(4)12-14-11-18(3)10-9-17-14/h5-8,13-14,17H,9-12H2,1-4H3. The third-order valence-electron chi connectivity index (χ3n) is 3.92. The summed E-state index contributed by atoms with van der Waals surface area (Å²) in [4.78, 5) is 4.80. The molecule has 0 spiro atoms. The number of piperazine rings is 1. The van der Waals surface area contributed by atoms with Crippen molar-refractivity contribution >= 4 is 5.69 Å². The topological polar surface area (TPSA) is 18.5 Å². The van der Waals surface area contributed by atoms with E-state index in [2.05, 4.69) is 67.3 Å². The Labute approximate surface area is 117 Å². The first-order valence-corrected chi connectivity index (χ1v) is 7.30. The molecule has 1 aromatic carbocycles. The number of para-hydroxylation sites is 1. The Bertz CT molecular complexity index is 403. The van der Waals surface area contributed by atoms with E-state index >= 15 is 0 Å². The summed E-state index contributed by atoms with van der Waals surface area (Å²) in [5.74, 6) is 0.570. The smallest absolute Gasteiger partial charge is 0.0399 e. The average Bonchev–Trinajstić information content (AvgIpc) is 2.38. The Kier molecular flexibility index (Phi) is 4.83. The number of nitrogens with one attached hydrogen (secondary N) is 1. The van der Waals surface area contributed by atoms with Crippen LogP contribution in [0.2, 0.25) is 0 Å². The number of hydrogen-bond donors (Lipinski definition) is 1. The van der Waals surface area contributed by atoms with E-state index in [0.29, 0.717) is 12.0 Å². The molecule has 1 aromatic rings. The molecule has 0 saturated carbocycles. The van der Waals surface area contributed by atoms with Crippen LogP contribution in [-0.4, -0.2) is 51.2 Å². The van der Waals surface area contributed by atoms with E-state index < -0.39 is 0 Å². The molecule has 2 rings (SSSR count). The molecule has 3 nitrogen and oxygen atoms in total. The SMILES string of the molecule is CC(C)c1ccccc1N(C)CC1CN(C)CCN1. The van der Waals surface area contributed by atoms with Crippen LogP contribution < -0.4 is 10.2 Å². The molecule has 0 bridgehead atoms. The normalized spacial score (nSPS) is 20.8. The van der Waals surface area contributed by atoms with Gasteiger partial charge in [0.05, 0.1) is 0 Å². The molecule has 19 heavy (non-hydrogen) atoms. The Morgan fingerprint density at radius 3 is 2.79 bits per heavy atom. The number of hydrogen-bond acceptors (Lipinski definition) is 3. The quantitative estimate of drug-likeness (QED) is 0.896. The molecule has 0 amide bonds. The predicted octanol–water partition coefficient (Wildman–Crippen LogP) is 2.15. The third-order valence-corrected chi connectivity index (χ3v) is 3.92. The average molecular weight is 261 g/mol. The van der Waals surface area contributed by atoms with Gasteiger partial charge in [0, 0.05) is 45.0 Å². The van der Waals surface area contributed by atoms with E-state index in [9.17, 15) is 0 Å². The van der Waals surface area contributed by atoms with E-state index in [1.54, 1.807) is 0 Å². The van der Waals surface area contributed by atoms with Gasteiger partial charge in [-0.3, -0.25) is 0 Å². The van der Waals surface area contributed by atoms with Gasteiger partial charge in [-0.05, 0) is 24.6 Å². The van der Waals surface area contributed by atoms with Crippen molar-refractivity contribution in [1.29, 1.82) is 0 Å². The lowest BCUT2D eigenvalue weighted by Gasteiger charge is -2.35. The van der Waals surface area contributed by atoms with Gasteiger partial charge >= 0.3 is 0 Å². The first kappa shape index (κ1) is 14.4. The van der Waals surface area contributed by atoms with Gasteiger partial charge in [0.1, 0.15) is 0 Å². The van der Waals surface area contributed by atoms with Gasteiger partial charge in [-0.2, -0.15) is 0 Å². The Balaban J connectivity index is 2.05. The summed E-state index contributed by atoms with van der Waals surface area (Å²) in [6.07, 6.45) is 0. The minimum atomic E-state index is 0.559. The molecule has 1 heterocycles. The molecule has 0 aromatic heterocycles. The van der Waals surface area contributed by atoms with Crippen molar-refractivity contribution in [2.45, 2.75) is 25.8 Å². The van der Waals surface area contributed by atoms with Gasteiger partial charge in [0.2, 0.25) is 0 Å². The van der Waals surface area contributed by atoms with Gasteiger partial charge in [0.15, 0.2) is 0 Å². The third kappa shape index (κ3) is 3.71. The van der Waals surface area contributed by atoms with Crippen molar-refractivity contribution in [3.05, 3.63) is 29.8 Å². The Morgan fingerprint density at radius 1 is 1.37 bits per heavy atom. The molecule has 1 saturated heterocycles. The van der Waals surface area contributed by atoms with Crippen molar-refractivity contribution in [2.24, 2.45) is 0 Å². The maximum atomic E-state index is 3.62. The maximum absolute atomic E-state index is 3.62. The first-order valence-electron chi connectivity index (χ1n) is 7.30. The highest BCUT2D eigenvalue weighted by atomic mass is 15.2. The molecule has 106 valence electrons. The predicted molar refractivity (Wildman–Crippen MR) is 83.1 cm³/mol. The molecule has 0 radical (unpaired) electrons. The number of rotatable bonds is 4. The fourth-order valence-electron chi connectivity index (χ4n) is 2.87. The molecule has 1 atom stereocenters. The number of likely N-dealkylation sites (N-methyl/N-ethyl adjacent to an activating group) is 2. The zero-order chi connectivity index (χ0) is 13.8.